The van der Waals surface area contributed by atoms with E-state index in [1.54, 1.807) is 7.05 Å². The van der Waals surface area contributed by atoms with Gasteiger partial charge in [0.05, 0.1) is 0 Å². The van der Waals surface area contributed by atoms with Gasteiger partial charge in [-0.05, 0) is 37.1 Å². The SMILES string of the molecule is CN(C(=O)N1CCC[C@H]1C(=O)O)c1ccc(F)cc1. The Morgan fingerprint density at radius 1 is 1.37 bits per heavy atom. The van der Waals surface area contributed by atoms with Crippen molar-refractivity contribution in [1.29, 1.82) is 0 Å². The topological polar surface area (TPSA) is 60.9 Å². The number of amides is 2. The molecule has 0 bridgehead atoms. The minimum atomic E-state index is -0.988. The molecular weight excluding hydrogens is 251 g/mol. The Bertz CT molecular complexity index is 489. The largest absolute Gasteiger partial charge is 0.480 e. The lowest BCUT2D eigenvalue weighted by molar-refractivity contribution is -0.141. The minimum absolute atomic E-state index is 0.378. The van der Waals surface area contributed by atoms with Crippen LogP contribution in [-0.2, 0) is 4.79 Å². The van der Waals surface area contributed by atoms with E-state index in [0.29, 0.717) is 25.1 Å². The van der Waals surface area contributed by atoms with Crippen LogP contribution in [-0.4, -0.2) is 41.6 Å². The maximum Gasteiger partial charge on any atom is 0.326 e. The first-order valence-corrected chi connectivity index (χ1v) is 6.03. The highest BCUT2D eigenvalue weighted by atomic mass is 19.1. The number of hydrogen-bond acceptors (Lipinski definition) is 2. The second kappa shape index (κ2) is 5.26. The molecule has 5 nitrogen and oxygen atoms in total. The maximum absolute atomic E-state index is 12.8. The summed E-state index contributed by atoms with van der Waals surface area (Å²) in [6.07, 6.45) is 1.15. The van der Waals surface area contributed by atoms with Gasteiger partial charge >= 0.3 is 12.0 Å². The fourth-order valence-electron chi connectivity index (χ4n) is 2.22. The number of nitrogens with zero attached hydrogens (tertiary/aromatic N) is 2. The zero-order chi connectivity index (χ0) is 14.0. The van der Waals surface area contributed by atoms with Crippen LogP contribution in [0.5, 0.6) is 0 Å². The zero-order valence-electron chi connectivity index (χ0n) is 10.5. The summed E-state index contributed by atoms with van der Waals surface area (Å²) in [5.74, 6) is -1.37. The van der Waals surface area contributed by atoms with E-state index in [1.165, 1.54) is 34.1 Å². The lowest BCUT2D eigenvalue weighted by Gasteiger charge is -2.27. The Hall–Kier alpha value is -2.11. The molecule has 1 aromatic carbocycles. The maximum atomic E-state index is 12.8. The number of aliphatic carboxylic acids is 1. The summed E-state index contributed by atoms with van der Waals surface area (Å²) in [7, 11) is 1.55. The third-order valence-electron chi connectivity index (χ3n) is 3.28. The highest BCUT2D eigenvalue weighted by Crippen LogP contribution is 2.22. The molecule has 1 aromatic rings. The van der Waals surface area contributed by atoms with E-state index in [-0.39, 0.29) is 11.8 Å². The third-order valence-corrected chi connectivity index (χ3v) is 3.28. The first-order valence-electron chi connectivity index (χ1n) is 6.03. The zero-order valence-corrected chi connectivity index (χ0v) is 10.5. The average molecular weight is 266 g/mol. The Morgan fingerprint density at radius 3 is 2.58 bits per heavy atom. The van der Waals surface area contributed by atoms with E-state index in [2.05, 4.69) is 0 Å². The Labute approximate surface area is 110 Å². The molecule has 1 heterocycles. The van der Waals surface area contributed by atoms with Gasteiger partial charge in [-0.2, -0.15) is 0 Å². The Balaban J connectivity index is 2.14. The average Bonchev–Trinajstić information content (AvgIpc) is 2.87. The predicted molar refractivity (Wildman–Crippen MR) is 67.6 cm³/mol. The highest BCUT2D eigenvalue weighted by Gasteiger charge is 2.35. The first kappa shape index (κ1) is 13.3. The van der Waals surface area contributed by atoms with Crippen molar-refractivity contribution in [3.8, 4) is 0 Å². The molecule has 1 aliphatic rings. The van der Waals surface area contributed by atoms with Crippen LogP contribution in [0.15, 0.2) is 24.3 Å². The number of carboxylic acids is 1. The number of urea groups is 1. The minimum Gasteiger partial charge on any atom is -0.480 e. The van der Waals surface area contributed by atoms with Crippen molar-refractivity contribution in [2.24, 2.45) is 0 Å². The number of carboxylic acid groups (broad SMARTS) is 1. The summed E-state index contributed by atoms with van der Waals surface area (Å²) in [6.45, 7) is 0.432. The second-order valence-electron chi connectivity index (χ2n) is 4.51. The lowest BCUT2D eigenvalue weighted by atomic mass is 10.2. The standard InChI is InChI=1S/C13H15FN2O3/c1-15(10-6-4-9(14)5-7-10)13(19)16-8-2-3-11(16)12(17)18/h4-7,11H,2-3,8H2,1H3,(H,17,18)/t11-/m0/s1. The number of halogens is 1. The fraction of sp³-hybridized carbons (Fsp3) is 0.385. The first-order chi connectivity index (χ1) is 9.00. The van der Waals surface area contributed by atoms with Crippen LogP contribution in [0.3, 0.4) is 0 Å². The van der Waals surface area contributed by atoms with Gasteiger partial charge in [0, 0.05) is 19.3 Å². The van der Waals surface area contributed by atoms with Gasteiger partial charge in [-0.15, -0.1) is 0 Å². The summed E-state index contributed by atoms with van der Waals surface area (Å²) < 4.78 is 12.8. The van der Waals surface area contributed by atoms with E-state index in [0.717, 1.165) is 0 Å². The van der Waals surface area contributed by atoms with Gasteiger partial charge in [0.2, 0.25) is 0 Å². The molecule has 0 aliphatic carbocycles. The van der Waals surface area contributed by atoms with Crippen LogP contribution in [0.2, 0.25) is 0 Å². The molecule has 0 unspecified atom stereocenters. The van der Waals surface area contributed by atoms with Crippen molar-refractivity contribution in [2.45, 2.75) is 18.9 Å². The molecule has 19 heavy (non-hydrogen) atoms. The second-order valence-corrected chi connectivity index (χ2v) is 4.51. The Morgan fingerprint density at radius 2 is 2.00 bits per heavy atom. The fourth-order valence-corrected chi connectivity index (χ4v) is 2.22. The molecule has 1 N–H and O–H groups in total. The molecule has 1 atom stereocenters. The van der Waals surface area contributed by atoms with Crippen molar-refractivity contribution in [1.82, 2.24) is 4.90 Å². The summed E-state index contributed by atoms with van der Waals surface area (Å²) >= 11 is 0. The molecule has 1 saturated heterocycles. The number of rotatable bonds is 2. The quantitative estimate of drug-likeness (QED) is 0.889. The number of carbonyl (C=O) groups is 2. The molecule has 2 rings (SSSR count). The van der Waals surface area contributed by atoms with E-state index < -0.39 is 12.0 Å². The van der Waals surface area contributed by atoms with Gasteiger partial charge in [-0.1, -0.05) is 0 Å². The normalized spacial score (nSPS) is 18.4. The van der Waals surface area contributed by atoms with Crippen LogP contribution in [0.1, 0.15) is 12.8 Å². The number of likely N-dealkylation sites (tertiary alicyclic amines) is 1. The van der Waals surface area contributed by atoms with Crippen molar-refractivity contribution >= 4 is 17.7 Å². The molecule has 0 spiro atoms. The number of benzene rings is 1. The van der Waals surface area contributed by atoms with Crippen molar-refractivity contribution < 1.29 is 19.1 Å². The number of anilines is 1. The van der Waals surface area contributed by atoms with Crippen LogP contribution >= 0.6 is 0 Å². The van der Waals surface area contributed by atoms with Gasteiger partial charge in [0.15, 0.2) is 0 Å². The molecular formula is C13H15FN2O3. The van der Waals surface area contributed by atoms with Gasteiger partial charge in [0.1, 0.15) is 11.9 Å². The van der Waals surface area contributed by atoms with Crippen LogP contribution in [0.25, 0.3) is 0 Å². The molecule has 0 aromatic heterocycles. The number of hydrogen-bond donors (Lipinski definition) is 1. The van der Waals surface area contributed by atoms with Crippen molar-refractivity contribution in [3.63, 3.8) is 0 Å². The molecule has 1 fully saturated rings. The van der Waals surface area contributed by atoms with Crippen molar-refractivity contribution in [3.05, 3.63) is 30.1 Å². The van der Waals surface area contributed by atoms with E-state index in [9.17, 15) is 14.0 Å². The van der Waals surface area contributed by atoms with Gasteiger partial charge < -0.3 is 10.0 Å². The molecule has 2 amide bonds. The van der Waals surface area contributed by atoms with E-state index in [4.69, 9.17) is 5.11 Å². The highest BCUT2D eigenvalue weighted by molar-refractivity contribution is 5.94. The van der Waals surface area contributed by atoms with Gasteiger partial charge in [0.25, 0.3) is 0 Å². The van der Waals surface area contributed by atoms with Crippen LogP contribution in [0.4, 0.5) is 14.9 Å². The molecule has 6 heteroatoms. The molecule has 102 valence electrons. The van der Waals surface area contributed by atoms with Crippen LogP contribution in [0, 0.1) is 5.82 Å². The van der Waals surface area contributed by atoms with E-state index in [1.807, 2.05) is 0 Å². The summed E-state index contributed by atoms with van der Waals surface area (Å²) in [4.78, 5) is 26.0. The van der Waals surface area contributed by atoms with E-state index >= 15 is 0 Å². The smallest absolute Gasteiger partial charge is 0.326 e. The molecule has 1 aliphatic heterocycles. The summed E-state index contributed by atoms with van der Waals surface area (Å²) in [5.41, 5.74) is 0.530. The Kier molecular flexibility index (Phi) is 3.69. The predicted octanol–water partition coefficient (Wildman–Crippen LogP) is 1.93. The van der Waals surface area contributed by atoms with Crippen LogP contribution < -0.4 is 4.90 Å². The molecule has 0 saturated carbocycles. The summed E-state index contributed by atoms with van der Waals surface area (Å²) in [5, 5.41) is 9.06. The third kappa shape index (κ3) is 2.67. The summed E-state index contributed by atoms with van der Waals surface area (Å²) in [6, 6.07) is 4.35. The lowest BCUT2D eigenvalue weighted by Crippen LogP contribution is -2.46. The van der Waals surface area contributed by atoms with Crippen molar-refractivity contribution in [2.75, 3.05) is 18.5 Å². The van der Waals surface area contributed by atoms with Gasteiger partial charge in [-0.3, -0.25) is 4.90 Å². The van der Waals surface area contributed by atoms with Gasteiger partial charge in [-0.25, -0.2) is 14.0 Å². The monoisotopic (exact) mass is 266 g/mol. The number of carbonyl (C=O) groups excluding carboxylic acids is 1. The molecule has 0 radical (unpaired) electrons.